The van der Waals surface area contributed by atoms with Crippen LogP contribution < -0.4 is 11.1 Å². The van der Waals surface area contributed by atoms with Gasteiger partial charge in [-0.15, -0.1) is 11.3 Å². The van der Waals surface area contributed by atoms with Crippen molar-refractivity contribution in [2.75, 3.05) is 6.54 Å². The van der Waals surface area contributed by atoms with Crippen molar-refractivity contribution in [3.05, 3.63) is 55.9 Å². The Hall–Kier alpha value is -1.44. The van der Waals surface area contributed by atoms with Crippen LogP contribution in [0.3, 0.4) is 0 Å². The molecule has 0 spiro atoms. The van der Waals surface area contributed by atoms with Crippen molar-refractivity contribution in [3.8, 4) is 0 Å². The van der Waals surface area contributed by atoms with Gasteiger partial charge in [-0.05, 0) is 40.5 Å². The first-order valence-corrected chi connectivity index (χ1v) is 7.93. The molecule has 0 atom stereocenters. The van der Waals surface area contributed by atoms with Gasteiger partial charge in [0, 0.05) is 23.5 Å². The number of rotatable bonds is 6. The van der Waals surface area contributed by atoms with Crippen LogP contribution in [0.25, 0.3) is 0 Å². The number of nitrogens with one attached hydrogen (secondary N) is 1. The predicted molar refractivity (Wildman–Crippen MR) is 86.3 cm³/mol. The summed E-state index contributed by atoms with van der Waals surface area (Å²) in [6.45, 7) is 1.14. The van der Waals surface area contributed by atoms with E-state index in [1.54, 1.807) is 23.5 Å². The molecule has 1 aromatic carbocycles. The molecule has 1 heterocycles. The quantitative estimate of drug-likeness (QED) is 0.240. The van der Waals surface area contributed by atoms with Gasteiger partial charge in [-0.3, -0.25) is 0 Å². The fourth-order valence-electron chi connectivity index (χ4n) is 1.89. The summed E-state index contributed by atoms with van der Waals surface area (Å²) >= 11 is 5.11. The van der Waals surface area contributed by atoms with Crippen LogP contribution in [0, 0.1) is 5.82 Å². The lowest BCUT2D eigenvalue weighted by molar-refractivity contribution is 0.318. The molecule has 7 heteroatoms. The smallest absolute Gasteiger partial charge is 0.173 e. The fraction of sp³-hybridized carbons (Fsp3) is 0.214. The van der Waals surface area contributed by atoms with E-state index >= 15 is 0 Å². The summed E-state index contributed by atoms with van der Waals surface area (Å²) < 4.78 is 15.3. The zero-order chi connectivity index (χ0) is 15.2. The van der Waals surface area contributed by atoms with Crippen molar-refractivity contribution in [1.29, 1.82) is 0 Å². The molecule has 0 unspecified atom stereocenters. The Balaban J connectivity index is 1.91. The maximum absolute atomic E-state index is 14.1. The van der Waals surface area contributed by atoms with Crippen LogP contribution in [0.2, 0.25) is 0 Å². The van der Waals surface area contributed by atoms with Crippen LogP contribution in [0.15, 0.2) is 39.3 Å². The lowest BCUT2D eigenvalue weighted by Crippen LogP contribution is -2.20. The number of hydrogen-bond donors (Lipinski definition) is 3. The van der Waals surface area contributed by atoms with Gasteiger partial charge >= 0.3 is 0 Å². The van der Waals surface area contributed by atoms with Crippen molar-refractivity contribution in [1.82, 2.24) is 5.32 Å². The maximum atomic E-state index is 14.1. The monoisotopic (exact) mass is 371 g/mol. The number of amidine groups is 1. The Morgan fingerprint density at radius 3 is 2.86 bits per heavy atom. The van der Waals surface area contributed by atoms with E-state index in [0.717, 1.165) is 16.8 Å². The molecule has 0 saturated carbocycles. The summed E-state index contributed by atoms with van der Waals surface area (Å²) in [4.78, 5) is 1.26. The first-order chi connectivity index (χ1) is 10.1. The highest BCUT2D eigenvalue weighted by Crippen LogP contribution is 2.22. The van der Waals surface area contributed by atoms with Crippen LogP contribution in [0.1, 0.15) is 16.0 Å². The Morgan fingerprint density at radius 1 is 1.38 bits per heavy atom. The second kappa shape index (κ2) is 7.53. The lowest BCUT2D eigenvalue weighted by Gasteiger charge is -2.08. The van der Waals surface area contributed by atoms with Gasteiger partial charge in [0.1, 0.15) is 5.82 Å². The molecule has 2 aromatic rings. The van der Waals surface area contributed by atoms with E-state index in [4.69, 9.17) is 10.9 Å². The molecule has 1 aromatic heterocycles. The van der Waals surface area contributed by atoms with E-state index in [0.29, 0.717) is 12.1 Å². The minimum Gasteiger partial charge on any atom is -0.409 e. The second-order valence-electron chi connectivity index (χ2n) is 4.40. The Bertz CT molecular complexity index is 645. The SMILES string of the molecule is N/C(=N/O)c1cccc(CNCCc2ccc(Br)s2)c1F. The number of nitrogens with zero attached hydrogens (tertiary/aromatic N) is 1. The standard InChI is InChI=1S/C14H15BrFN3OS/c15-12-5-4-10(21-12)6-7-18-8-9-2-1-3-11(13(9)16)14(17)19-20/h1-5,18,20H,6-8H2,(H2,17,19). The molecule has 0 aliphatic rings. The summed E-state index contributed by atoms with van der Waals surface area (Å²) in [5.41, 5.74) is 6.04. The number of nitrogens with two attached hydrogens (primary N) is 1. The van der Waals surface area contributed by atoms with Crippen molar-refractivity contribution in [2.45, 2.75) is 13.0 Å². The van der Waals surface area contributed by atoms with Gasteiger partial charge < -0.3 is 16.3 Å². The summed E-state index contributed by atoms with van der Waals surface area (Å²) in [5, 5.41) is 14.6. The van der Waals surface area contributed by atoms with Gasteiger partial charge in [0.15, 0.2) is 5.84 Å². The van der Waals surface area contributed by atoms with Crippen molar-refractivity contribution < 1.29 is 9.60 Å². The third-order valence-corrected chi connectivity index (χ3v) is 4.64. The zero-order valence-electron chi connectivity index (χ0n) is 11.1. The molecule has 2 rings (SSSR count). The second-order valence-corrected chi connectivity index (χ2v) is 6.94. The molecule has 4 nitrogen and oxygen atoms in total. The Morgan fingerprint density at radius 2 is 2.19 bits per heavy atom. The number of thiophene rings is 1. The molecule has 0 aliphatic heterocycles. The normalized spacial score (nSPS) is 11.8. The summed E-state index contributed by atoms with van der Waals surface area (Å²) in [6, 6.07) is 8.93. The van der Waals surface area contributed by atoms with Crippen LogP contribution in [-0.4, -0.2) is 17.6 Å². The van der Waals surface area contributed by atoms with E-state index in [1.165, 1.54) is 10.9 Å². The first kappa shape index (κ1) is 15.9. The third-order valence-electron chi connectivity index (χ3n) is 2.95. The van der Waals surface area contributed by atoms with Gasteiger partial charge in [0.25, 0.3) is 0 Å². The van der Waals surface area contributed by atoms with Crippen molar-refractivity contribution in [3.63, 3.8) is 0 Å². The highest BCUT2D eigenvalue weighted by atomic mass is 79.9. The molecule has 0 radical (unpaired) electrons. The molecule has 0 saturated heterocycles. The Kier molecular flexibility index (Phi) is 5.72. The van der Waals surface area contributed by atoms with Gasteiger partial charge in [-0.1, -0.05) is 17.3 Å². The van der Waals surface area contributed by atoms with Gasteiger partial charge in [-0.25, -0.2) is 4.39 Å². The van der Waals surface area contributed by atoms with Crippen LogP contribution in [-0.2, 0) is 13.0 Å². The van der Waals surface area contributed by atoms with Crippen LogP contribution in [0.5, 0.6) is 0 Å². The third kappa shape index (κ3) is 4.26. The van der Waals surface area contributed by atoms with Crippen LogP contribution >= 0.6 is 27.3 Å². The summed E-state index contributed by atoms with van der Waals surface area (Å²) in [5.74, 6) is -0.683. The van der Waals surface area contributed by atoms with Gasteiger partial charge in [0.05, 0.1) is 9.35 Å². The van der Waals surface area contributed by atoms with Gasteiger partial charge in [0.2, 0.25) is 0 Å². The molecule has 0 fully saturated rings. The molecule has 4 N–H and O–H groups in total. The first-order valence-electron chi connectivity index (χ1n) is 6.32. The average molecular weight is 372 g/mol. The summed E-state index contributed by atoms with van der Waals surface area (Å²) in [6.07, 6.45) is 0.887. The number of hydrogen-bond acceptors (Lipinski definition) is 4. The minimum absolute atomic E-state index is 0.110. The molecule has 21 heavy (non-hydrogen) atoms. The van der Waals surface area contributed by atoms with E-state index in [1.807, 2.05) is 6.07 Å². The van der Waals surface area contributed by atoms with Crippen LogP contribution in [0.4, 0.5) is 4.39 Å². The van der Waals surface area contributed by atoms with E-state index < -0.39 is 5.82 Å². The number of halogens is 2. The Labute approximate surface area is 134 Å². The molecule has 112 valence electrons. The fourth-order valence-corrected chi connectivity index (χ4v) is 3.37. The largest absolute Gasteiger partial charge is 0.409 e. The molecule has 0 bridgehead atoms. The van der Waals surface area contributed by atoms with E-state index in [9.17, 15) is 4.39 Å². The highest BCUT2D eigenvalue weighted by Gasteiger charge is 2.11. The molecule has 0 aliphatic carbocycles. The van der Waals surface area contributed by atoms with E-state index in [-0.39, 0.29) is 11.4 Å². The number of oxime groups is 1. The predicted octanol–water partition coefficient (Wildman–Crippen LogP) is 3.08. The lowest BCUT2D eigenvalue weighted by atomic mass is 10.1. The average Bonchev–Trinajstić information content (AvgIpc) is 2.90. The highest BCUT2D eigenvalue weighted by molar-refractivity contribution is 9.11. The maximum Gasteiger partial charge on any atom is 0.173 e. The number of benzene rings is 1. The topological polar surface area (TPSA) is 70.6 Å². The minimum atomic E-state index is -0.459. The van der Waals surface area contributed by atoms with Crippen molar-refractivity contribution in [2.24, 2.45) is 10.9 Å². The molecule has 0 amide bonds. The molecular formula is C14H15BrFN3OS. The summed E-state index contributed by atoms with van der Waals surface area (Å²) in [7, 11) is 0. The van der Waals surface area contributed by atoms with Crippen molar-refractivity contribution >= 4 is 33.1 Å². The zero-order valence-corrected chi connectivity index (χ0v) is 13.5. The van der Waals surface area contributed by atoms with Gasteiger partial charge in [-0.2, -0.15) is 0 Å². The van der Waals surface area contributed by atoms with E-state index in [2.05, 4.69) is 32.5 Å². The molecular weight excluding hydrogens is 357 g/mol.